The molecule has 0 saturated heterocycles. The molecule has 1 amide bonds. The van der Waals surface area contributed by atoms with E-state index in [0.29, 0.717) is 18.8 Å². The highest BCUT2D eigenvalue weighted by molar-refractivity contribution is 7.09. The first-order valence-corrected chi connectivity index (χ1v) is 7.64. The number of carbonyl (C=O) groups excluding carboxylic acids is 1. The second kappa shape index (κ2) is 7.77. The van der Waals surface area contributed by atoms with Crippen molar-refractivity contribution in [3.8, 4) is 0 Å². The van der Waals surface area contributed by atoms with E-state index in [0.717, 1.165) is 24.3 Å². The van der Waals surface area contributed by atoms with Crippen LogP contribution in [0.1, 0.15) is 33.9 Å². The first kappa shape index (κ1) is 14.7. The molecule has 0 aliphatic heterocycles. The highest BCUT2D eigenvalue weighted by Gasteiger charge is 2.10. The van der Waals surface area contributed by atoms with Crippen LogP contribution in [0.3, 0.4) is 0 Å². The molecule has 0 unspecified atom stereocenters. The van der Waals surface area contributed by atoms with Gasteiger partial charge in [0.1, 0.15) is 5.69 Å². The van der Waals surface area contributed by atoms with Gasteiger partial charge in [-0.25, -0.2) is 4.98 Å². The van der Waals surface area contributed by atoms with Gasteiger partial charge in [0.25, 0.3) is 5.91 Å². The molecule has 0 radical (unpaired) electrons. The van der Waals surface area contributed by atoms with Crippen molar-refractivity contribution in [2.24, 2.45) is 5.73 Å². The SMILES string of the molecule is NCCCCNC(=O)c1csc(Cc2ccccc2)n1. The molecule has 2 aromatic rings. The first-order valence-electron chi connectivity index (χ1n) is 6.76. The van der Waals surface area contributed by atoms with Crippen molar-refractivity contribution < 1.29 is 4.79 Å². The second-order valence-electron chi connectivity index (χ2n) is 4.54. The van der Waals surface area contributed by atoms with E-state index in [-0.39, 0.29) is 5.91 Å². The largest absolute Gasteiger partial charge is 0.351 e. The van der Waals surface area contributed by atoms with Crippen molar-refractivity contribution in [3.63, 3.8) is 0 Å². The lowest BCUT2D eigenvalue weighted by Gasteiger charge is -2.01. The average Bonchev–Trinajstić information content (AvgIpc) is 2.93. The zero-order valence-corrected chi connectivity index (χ0v) is 12.2. The molecule has 106 valence electrons. The maximum absolute atomic E-state index is 11.9. The Morgan fingerprint density at radius 2 is 2.05 bits per heavy atom. The van der Waals surface area contributed by atoms with Gasteiger partial charge < -0.3 is 11.1 Å². The number of unbranched alkanes of at least 4 members (excludes halogenated alkanes) is 1. The van der Waals surface area contributed by atoms with Crippen LogP contribution in [-0.4, -0.2) is 24.0 Å². The Morgan fingerprint density at radius 1 is 1.25 bits per heavy atom. The van der Waals surface area contributed by atoms with Gasteiger partial charge >= 0.3 is 0 Å². The van der Waals surface area contributed by atoms with Crippen LogP contribution in [0.25, 0.3) is 0 Å². The third-order valence-electron chi connectivity index (χ3n) is 2.90. The number of hydrogen-bond acceptors (Lipinski definition) is 4. The number of thiazole rings is 1. The monoisotopic (exact) mass is 289 g/mol. The van der Waals surface area contributed by atoms with Gasteiger partial charge in [-0.2, -0.15) is 0 Å². The van der Waals surface area contributed by atoms with Crippen molar-refractivity contribution in [2.45, 2.75) is 19.3 Å². The average molecular weight is 289 g/mol. The number of hydrogen-bond donors (Lipinski definition) is 2. The zero-order valence-electron chi connectivity index (χ0n) is 11.3. The Hall–Kier alpha value is -1.72. The summed E-state index contributed by atoms with van der Waals surface area (Å²) in [6, 6.07) is 10.1. The fourth-order valence-corrected chi connectivity index (χ4v) is 2.64. The van der Waals surface area contributed by atoms with E-state index in [1.54, 1.807) is 0 Å². The van der Waals surface area contributed by atoms with E-state index < -0.39 is 0 Å². The van der Waals surface area contributed by atoms with Crippen LogP contribution < -0.4 is 11.1 Å². The summed E-state index contributed by atoms with van der Waals surface area (Å²) >= 11 is 1.52. The summed E-state index contributed by atoms with van der Waals surface area (Å²) in [6.45, 7) is 1.31. The van der Waals surface area contributed by atoms with Crippen molar-refractivity contribution in [1.29, 1.82) is 0 Å². The quantitative estimate of drug-likeness (QED) is 0.768. The Bertz CT molecular complexity index is 539. The molecule has 3 N–H and O–H groups in total. The summed E-state index contributed by atoms with van der Waals surface area (Å²) < 4.78 is 0. The predicted molar refractivity (Wildman–Crippen MR) is 82.0 cm³/mol. The summed E-state index contributed by atoms with van der Waals surface area (Å²) in [5.74, 6) is -0.0995. The van der Waals surface area contributed by atoms with Crippen LogP contribution in [0.5, 0.6) is 0 Å². The lowest BCUT2D eigenvalue weighted by Crippen LogP contribution is -2.25. The molecule has 0 aliphatic carbocycles. The number of carbonyl (C=O) groups is 1. The fraction of sp³-hybridized carbons (Fsp3) is 0.333. The molecule has 1 aromatic carbocycles. The second-order valence-corrected chi connectivity index (χ2v) is 5.48. The zero-order chi connectivity index (χ0) is 14.2. The van der Waals surface area contributed by atoms with E-state index in [4.69, 9.17) is 5.73 Å². The van der Waals surface area contributed by atoms with Crippen molar-refractivity contribution in [1.82, 2.24) is 10.3 Å². The number of amides is 1. The van der Waals surface area contributed by atoms with Crippen LogP contribution in [0.4, 0.5) is 0 Å². The van der Waals surface area contributed by atoms with Gasteiger partial charge in [0, 0.05) is 18.3 Å². The maximum Gasteiger partial charge on any atom is 0.270 e. The van der Waals surface area contributed by atoms with Crippen LogP contribution in [0, 0.1) is 0 Å². The molecular formula is C15H19N3OS. The summed E-state index contributed by atoms with van der Waals surface area (Å²) in [7, 11) is 0. The minimum absolute atomic E-state index is 0.0995. The molecule has 0 saturated carbocycles. The maximum atomic E-state index is 11.9. The topological polar surface area (TPSA) is 68.0 Å². The minimum atomic E-state index is -0.0995. The lowest BCUT2D eigenvalue weighted by molar-refractivity contribution is 0.0948. The van der Waals surface area contributed by atoms with E-state index >= 15 is 0 Å². The Morgan fingerprint density at radius 3 is 2.80 bits per heavy atom. The number of benzene rings is 1. The van der Waals surface area contributed by atoms with E-state index in [1.165, 1.54) is 16.9 Å². The predicted octanol–water partition coefficient (Wildman–Crippen LogP) is 2.20. The molecule has 0 fully saturated rings. The van der Waals surface area contributed by atoms with Gasteiger partial charge in [-0.15, -0.1) is 11.3 Å². The molecule has 0 atom stereocenters. The fourth-order valence-electron chi connectivity index (χ4n) is 1.83. The van der Waals surface area contributed by atoms with Gasteiger partial charge in [0.05, 0.1) is 5.01 Å². The lowest BCUT2D eigenvalue weighted by atomic mass is 10.2. The Labute approximate surface area is 123 Å². The summed E-state index contributed by atoms with van der Waals surface area (Å²) in [5.41, 5.74) is 7.12. The van der Waals surface area contributed by atoms with Crippen molar-refractivity contribution in [2.75, 3.05) is 13.1 Å². The van der Waals surface area contributed by atoms with Gasteiger partial charge in [-0.3, -0.25) is 4.79 Å². The van der Waals surface area contributed by atoms with Crippen LogP contribution >= 0.6 is 11.3 Å². The summed E-state index contributed by atoms with van der Waals surface area (Å²) in [5, 5.41) is 5.64. The normalized spacial score (nSPS) is 10.4. The molecule has 1 heterocycles. The van der Waals surface area contributed by atoms with Crippen molar-refractivity contribution >= 4 is 17.2 Å². The molecule has 20 heavy (non-hydrogen) atoms. The summed E-state index contributed by atoms with van der Waals surface area (Å²) in [4.78, 5) is 16.3. The number of rotatable bonds is 7. The smallest absolute Gasteiger partial charge is 0.270 e. The molecule has 4 nitrogen and oxygen atoms in total. The molecular weight excluding hydrogens is 270 g/mol. The first-order chi connectivity index (χ1) is 9.79. The highest BCUT2D eigenvalue weighted by Crippen LogP contribution is 2.14. The van der Waals surface area contributed by atoms with Gasteiger partial charge in [0.2, 0.25) is 0 Å². The number of aromatic nitrogens is 1. The molecule has 5 heteroatoms. The molecule has 0 aliphatic rings. The van der Waals surface area contributed by atoms with Crippen LogP contribution in [0.2, 0.25) is 0 Å². The van der Waals surface area contributed by atoms with Gasteiger partial charge in [-0.05, 0) is 24.9 Å². The van der Waals surface area contributed by atoms with Crippen LogP contribution in [-0.2, 0) is 6.42 Å². The highest BCUT2D eigenvalue weighted by atomic mass is 32.1. The van der Waals surface area contributed by atoms with Crippen molar-refractivity contribution in [3.05, 3.63) is 52.0 Å². The summed E-state index contributed by atoms with van der Waals surface area (Å²) in [6.07, 6.45) is 2.60. The van der Waals surface area contributed by atoms with E-state index in [1.807, 2.05) is 23.6 Å². The number of nitrogens with one attached hydrogen (secondary N) is 1. The van der Waals surface area contributed by atoms with Crippen LogP contribution in [0.15, 0.2) is 35.7 Å². The molecule has 1 aromatic heterocycles. The third-order valence-corrected chi connectivity index (χ3v) is 3.75. The van der Waals surface area contributed by atoms with Gasteiger partial charge in [-0.1, -0.05) is 30.3 Å². The minimum Gasteiger partial charge on any atom is -0.351 e. The Balaban J connectivity index is 1.87. The van der Waals surface area contributed by atoms with E-state index in [9.17, 15) is 4.79 Å². The van der Waals surface area contributed by atoms with E-state index in [2.05, 4.69) is 22.4 Å². The molecule has 0 bridgehead atoms. The molecule has 2 rings (SSSR count). The number of nitrogens with two attached hydrogens (primary N) is 1. The molecule has 0 spiro atoms. The Kier molecular flexibility index (Phi) is 5.70. The number of nitrogens with zero attached hydrogens (tertiary/aromatic N) is 1. The standard InChI is InChI=1S/C15H19N3OS/c16-8-4-5-9-17-15(19)13-11-20-14(18-13)10-12-6-2-1-3-7-12/h1-3,6-7,11H,4-5,8-10,16H2,(H,17,19). The third kappa shape index (κ3) is 4.43. The van der Waals surface area contributed by atoms with Gasteiger partial charge in [0.15, 0.2) is 0 Å².